The van der Waals surface area contributed by atoms with E-state index in [9.17, 15) is 0 Å². The van der Waals surface area contributed by atoms with Crippen LogP contribution in [0.5, 0.6) is 0 Å². The topological polar surface area (TPSA) is 55.0 Å². The van der Waals surface area contributed by atoms with E-state index < -0.39 is 0 Å². The molecule has 1 aliphatic rings. The number of anilines is 3. The first-order valence-electron chi connectivity index (χ1n) is 8.12. The van der Waals surface area contributed by atoms with Crippen LogP contribution in [0.15, 0.2) is 64.8 Å². The highest BCUT2D eigenvalue weighted by Gasteiger charge is 2.22. The summed E-state index contributed by atoms with van der Waals surface area (Å²) in [6.07, 6.45) is 3.76. The molecule has 0 fully saturated rings. The van der Waals surface area contributed by atoms with Gasteiger partial charge in [0.25, 0.3) is 0 Å². The van der Waals surface area contributed by atoms with E-state index in [2.05, 4.69) is 39.1 Å². The van der Waals surface area contributed by atoms with Crippen LogP contribution in [0, 0.1) is 0 Å². The Bertz CT molecular complexity index is 898. The lowest BCUT2D eigenvalue weighted by atomic mass is 10.0. The van der Waals surface area contributed by atoms with E-state index >= 15 is 0 Å². The minimum Gasteiger partial charge on any atom is -0.394 e. The number of halogens is 1. The Hall–Kier alpha value is -2.24. The van der Waals surface area contributed by atoms with Crippen LogP contribution in [0.25, 0.3) is 0 Å². The summed E-state index contributed by atoms with van der Waals surface area (Å²) >= 11 is 7.48. The van der Waals surface area contributed by atoms with Crippen LogP contribution >= 0.6 is 23.4 Å². The third-order valence-electron chi connectivity index (χ3n) is 4.22. The molecule has 126 valence electrons. The number of rotatable bonds is 3. The van der Waals surface area contributed by atoms with Crippen molar-refractivity contribution in [2.75, 3.05) is 17.2 Å². The summed E-state index contributed by atoms with van der Waals surface area (Å²) < 4.78 is 0. The van der Waals surface area contributed by atoms with Crippen molar-refractivity contribution in [3.05, 3.63) is 65.4 Å². The standard InChI is InChI=1S/C19H17ClN4S/c20-14-7-9-15(10-8-14)25-19-17(21)18(22-12-23-19)24-11-3-5-13-4-1-2-6-16(13)24/h1-2,4,6-10,12H,3,5,11,21H2. The van der Waals surface area contributed by atoms with Crippen LogP contribution in [-0.4, -0.2) is 16.5 Å². The number of benzene rings is 2. The Kier molecular flexibility index (Phi) is 4.51. The van der Waals surface area contributed by atoms with Crippen molar-refractivity contribution in [1.29, 1.82) is 0 Å². The lowest BCUT2D eigenvalue weighted by molar-refractivity contribution is 0.757. The van der Waals surface area contributed by atoms with Crippen molar-refractivity contribution in [3.8, 4) is 0 Å². The molecule has 25 heavy (non-hydrogen) atoms. The fraction of sp³-hybridized carbons (Fsp3) is 0.158. The maximum atomic E-state index is 6.44. The van der Waals surface area contributed by atoms with Crippen molar-refractivity contribution in [2.45, 2.75) is 22.8 Å². The van der Waals surface area contributed by atoms with Gasteiger partial charge >= 0.3 is 0 Å². The highest BCUT2D eigenvalue weighted by Crippen LogP contribution is 2.39. The summed E-state index contributed by atoms with van der Waals surface area (Å²) in [6.45, 7) is 0.906. The van der Waals surface area contributed by atoms with Crippen LogP contribution in [0.4, 0.5) is 17.2 Å². The number of aromatic nitrogens is 2. The van der Waals surface area contributed by atoms with Gasteiger partial charge in [-0.15, -0.1) is 0 Å². The van der Waals surface area contributed by atoms with Gasteiger partial charge in [-0.1, -0.05) is 41.6 Å². The molecule has 0 saturated heterocycles. The number of hydrogen-bond acceptors (Lipinski definition) is 5. The molecule has 0 spiro atoms. The van der Waals surface area contributed by atoms with E-state index in [0.717, 1.165) is 35.1 Å². The molecule has 0 saturated carbocycles. The van der Waals surface area contributed by atoms with E-state index in [-0.39, 0.29) is 0 Å². The van der Waals surface area contributed by atoms with Crippen LogP contribution in [0.1, 0.15) is 12.0 Å². The zero-order valence-electron chi connectivity index (χ0n) is 13.5. The average Bonchev–Trinajstić information content (AvgIpc) is 2.65. The summed E-state index contributed by atoms with van der Waals surface area (Å²) in [5.74, 6) is 0.776. The number of nitrogens with two attached hydrogens (primary N) is 1. The van der Waals surface area contributed by atoms with Crippen molar-refractivity contribution in [3.63, 3.8) is 0 Å². The second-order valence-electron chi connectivity index (χ2n) is 5.86. The largest absolute Gasteiger partial charge is 0.394 e. The third-order valence-corrected chi connectivity index (χ3v) is 5.50. The minimum atomic E-state index is 0.610. The number of hydrogen-bond donors (Lipinski definition) is 1. The summed E-state index contributed by atoms with van der Waals surface area (Å²) in [6, 6.07) is 16.1. The molecular weight excluding hydrogens is 352 g/mol. The second kappa shape index (κ2) is 6.94. The third kappa shape index (κ3) is 3.30. The molecule has 0 aliphatic carbocycles. The Balaban J connectivity index is 1.69. The van der Waals surface area contributed by atoms with Crippen molar-refractivity contribution in [2.24, 2.45) is 0 Å². The lowest BCUT2D eigenvalue weighted by Gasteiger charge is -2.31. The molecule has 2 aromatic carbocycles. The molecule has 0 bridgehead atoms. The summed E-state index contributed by atoms with van der Waals surface area (Å²) in [4.78, 5) is 12.1. The number of para-hydroxylation sites is 1. The predicted molar refractivity (Wildman–Crippen MR) is 104 cm³/mol. The van der Waals surface area contributed by atoms with Gasteiger partial charge < -0.3 is 10.6 Å². The summed E-state index contributed by atoms with van der Waals surface area (Å²) in [7, 11) is 0. The Morgan fingerprint density at radius 1 is 1.04 bits per heavy atom. The lowest BCUT2D eigenvalue weighted by Crippen LogP contribution is -2.26. The molecule has 0 unspecified atom stereocenters. The molecule has 2 N–H and O–H groups in total. The van der Waals surface area contributed by atoms with Gasteiger partial charge in [0, 0.05) is 22.2 Å². The molecule has 3 aromatic rings. The summed E-state index contributed by atoms with van der Waals surface area (Å²) in [5, 5.41) is 1.47. The first kappa shape index (κ1) is 16.2. The maximum absolute atomic E-state index is 6.44. The fourth-order valence-electron chi connectivity index (χ4n) is 3.04. The van der Waals surface area contributed by atoms with Gasteiger partial charge in [0.1, 0.15) is 17.0 Å². The van der Waals surface area contributed by atoms with Gasteiger partial charge in [-0.05, 0) is 48.7 Å². The van der Waals surface area contributed by atoms with Gasteiger partial charge in [-0.25, -0.2) is 9.97 Å². The quantitative estimate of drug-likeness (QED) is 0.663. The average molecular weight is 369 g/mol. The highest BCUT2D eigenvalue weighted by molar-refractivity contribution is 7.99. The first-order valence-corrected chi connectivity index (χ1v) is 9.31. The number of nitrogens with zero attached hydrogens (tertiary/aromatic N) is 3. The predicted octanol–water partition coefficient (Wildman–Crippen LogP) is 4.95. The smallest absolute Gasteiger partial charge is 0.160 e. The SMILES string of the molecule is Nc1c(Sc2ccc(Cl)cc2)ncnc1N1CCCc2ccccc21. The Morgan fingerprint density at radius 3 is 2.68 bits per heavy atom. The Labute approximate surface area is 156 Å². The first-order chi connectivity index (χ1) is 12.2. The molecule has 0 atom stereocenters. The number of aryl methyl sites for hydroxylation is 1. The molecule has 0 radical (unpaired) electrons. The zero-order chi connectivity index (χ0) is 17.2. The van der Waals surface area contributed by atoms with Gasteiger partial charge in [0.15, 0.2) is 5.82 Å². The fourth-order valence-corrected chi connectivity index (χ4v) is 3.96. The molecule has 0 amide bonds. The van der Waals surface area contributed by atoms with Gasteiger partial charge in [0.05, 0.1) is 0 Å². The van der Waals surface area contributed by atoms with Crippen molar-refractivity contribution in [1.82, 2.24) is 9.97 Å². The number of nitrogen functional groups attached to an aromatic ring is 1. The molecule has 4 rings (SSSR count). The highest BCUT2D eigenvalue weighted by atomic mass is 35.5. The van der Waals surface area contributed by atoms with Gasteiger partial charge in [0.2, 0.25) is 0 Å². The maximum Gasteiger partial charge on any atom is 0.160 e. The van der Waals surface area contributed by atoms with E-state index in [1.165, 1.54) is 23.0 Å². The normalized spacial score (nSPS) is 13.6. The molecule has 6 heteroatoms. The van der Waals surface area contributed by atoms with Gasteiger partial charge in [-0.3, -0.25) is 0 Å². The molecule has 1 aromatic heterocycles. The van der Waals surface area contributed by atoms with E-state index in [1.54, 1.807) is 6.33 Å². The molecule has 1 aliphatic heterocycles. The van der Waals surface area contributed by atoms with Crippen LogP contribution in [0.3, 0.4) is 0 Å². The van der Waals surface area contributed by atoms with E-state index in [0.29, 0.717) is 10.7 Å². The van der Waals surface area contributed by atoms with Crippen molar-refractivity contribution < 1.29 is 0 Å². The van der Waals surface area contributed by atoms with Crippen molar-refractivity contribution >= 4 is 40.6 Å². The van der Waals surface area contributed by atoms with Crippen LogP contribution in [-0.2, 0) is 6.42 Å². The monoisotopic (exact) mass is 368 g/mol. The van der Waals surface area contributed by atoms with Crippen LogP contribution in [0.2, 0.25) is 5.02 Å². The van der Waals surface area contributed by atoms with E-state index in [1.807, 2.05) is 24.3 Å². The zero-order valence-corrected chi connectivity index (χ0v) is 15.1. The van der Waals surface area contributed by atoms with Crippen LogP contribution < -0.4 is 10.6 Å². The van der Waals surface area contributed by atoms with Gasteiger partial charge in [-0.2, -0.15) is 0 Å². The number of fused-ring (bicyclic) bond motifs is 1. The summed E-state index contributed by atoms with van der Waals surface area (Å²) in [5.41, 5.74) is 9.56. The molecule has 4 nitrogen and oxygen atoms in total. The molecular formula is C19H17ClN4S. The molecule has 2 heterocycles. The van der Waals surface area contributed by atoms with E-state index in [4.69, 9.17) is 17.3 Å². The Morgan fingerprint density at radius 2 is 1.84 bits per heavy atom. The minimum absolute atomic E-state index is 0.610. The second-order valence-corrected chi connectivity index (χ2v) is 7.35.